The Hall–Kier alpha value is -1.42. The SMILES string of the molecule is CC(C#Cc1cccs1)Oc1nsnc1[C@H]1CN2CCC[C@H]1C2. The third kappa shape index (κ3) is 3.27. The van der Waals surface area contributed by atoms with Crippen molar-refractivity contribution < 1.29 is 4.74 Å². The molecule has 23 heavy (non-hydrogen) atoms. The molecule has 6 heteroatoms. The van der Waals surface area contributed by atoms with Gasteiger partial charge in [-0.2, -0.15) is 4.37 Å². The molecule has 0 spiro atoms. The fourth-order valence-corrected chi connectivity index (χ4v) is 4.67. The van der Waals surface area contributed by atoms with Gasteiger partial charge in [-0.1, -0.05) is 17.9 Å². The van der Waals surface area contributed by atoms with Crippen LogP contribution in [0.25, 0.3) is 0 Å². The molecule has 2 aromatic heterocycles. The zero-order valence-corrected chi connectivity index (χ0v) is 14.7. The van der Waals surface area contributed by atoms with Crippen LogP contribution in [0.4, 0.5) is 0 Å². The molecule has 4 nitrogen and oxygen atoms in total. The van der Waals surface area contributed by atoms with E-state index in [0.29, 0.717) is 17.7 Å². The van der Waals surface area contributed by atoms with Crippen molar-refractivity contribution in [2.75, 3.05) is 19.6 Å². The Morgan fingerprint density at radius 3 is 3.17 bits per heavy atom. The maximum atomic E-state index is 5.99. The van der Waals surface area contributed by atoms with Gasteiger partial charge in [0.05, 0.1) is 16.6 Å². The molecule has 4 rings (SSSR count). The van der Waals surface area contributed by atoms with Gasteiger partial charge in [-0.15, -0.1) is 15.7 Å². The number of fused-ring (bicyclic) bond motifs is 2. The van der Waals surface area contributed by atoms with Gasteiger partial charge in [0, 0.05) is 19.0 Å². The summed E-state index contributed by atoms with van der Waals surface area (Å²) in [6.45, 7) is 5.50. The average molecular weight is 345 g/mol. The minimum absolute atomic E-state index is 0.180. The van der Waals surface area contributed by atoms with Crippen LogP contribution in [0.2, 0.25) is 0 Å². The summed E-state index contributed by atoms with van der Waals surface area (Å²) in [5, 5.41) is 2.03. The normalized spacial score (nSPS) is 27.3. The van der Waals surface area contributed by atoms with Gasteiger partial charge >= 0.3 is 0 Å². The van der Waals surface area contributed by atoms with Gasteiger partial charge in [0.25, 0.3) is 5.88 Å². The number of rotatable bonds is 3. The van der Waals surface area contributed by atoms with E-state index in [-0.39, 0.29) is 6.10 Å². The molecule has 0 N–H and O–H groups in total. The Labute approximate surface area is 144 Å². The molecule has 2 aliphatic heterocycles. The molecule has 2 fully saturated rings. The van der Waals surface area contributed by atoms with Crippen LogP contribution in [0.5, 0.6) is 5.88 Å². The fraction of sp³-hybridized carbons (Fsp3) is 0.529. The number of hydrogen-bond donors (Lipinski definition) is 0. The first-order valence-electron chi connectivity index (χ1n) is 8.06. The van der Waals surface area contributed by atoms with E-state index in [2.05, 4.69) is 25.5 Å². The molecule has 2 aliphatic rings. The van der Waals surface area contributed by atoms with Crippen molar-refractivity contribution in [2.24, 2.45) is 5.92 Å². The molecule has 2 saturated heterocycles. The molecular weight excluding hydrogens is 326 g/mol. The Morgan fingerprint density at radius 2 is 2.35 bits per heavy atom. The lowest BCUT2D eigenvalue weighted by atomic mass is 9.89. The standard InChI is InChI=1S/C17H19N3OS2/c1-12(6-7-14-5-3-9-22-14)21-17-16(18-23-19-17)15-11-20-8-2-4-13(15)10-20/h3,5,9,12-13,15H,2,4,8,10-11H2,1H3/t12?,13-,15-/m0/s1. The van der Waals surface area contributed by atoms with Crippen LogP contribution < -0.4 is 4.74 Å². The maximum Gasteiger partial charge on any atom is 0.250 e. The van der Waals surface area contributed by atoms with E-state index in [1.807, 2.05) is 24.4 Å². The van der Waals surface area contributed by atoms with Gasteiger partial charge in [-0.05, 0) is 43.7 Å². The monoisotopic (exact) mass is 345 g/mol. The molecule has 2 bridgehead atoms. The van der Waals surface area contributed by atoms with E-state index < -0.39 is 0 Å². The maximum absolute atomic E-state index is 5.99. The predicted molar refractivity (Wildman–Crippen MR) is 93.1 cm³/mol. The third-order valence-corrected chi connectivity index (χ3v) is 5.92. The number of aromatic nitrogens is 2. The summed E-state index contributed by atoms with van der Waals surface area (Å²) in [5.74, 6) is 8.19. The molecule has 0 amide bonds. The summed E-state index contributed by atoms with van der Waals surface area (Å²) in [6.07, 6.45) is 2.42. The summed E-state index contributed by atoms with van der Waals surface area (Å²) in [5.41, 5.74) is 1.05. The Balaban J connectivity index is 1.47. The van der Waals surface area contributed by atoms with Crippen molar-refractivity contribution in [3.8, 4) is 17.7 Å². The van der Waals surface area contributed by atoms with Crippen LogP contribution in [-0.2, 0) is 0 Å². The van der Waals surface area contributed by atoms with Crippen molar-refractivity contribution in [2.45, 2.75) is 31.8 Å². The lowest BCUT2D eigenvalue weighted by Crippen LogP contribution is -2.25. The van der Waals surface area contributed by atoms with Gasteiger partial charge in [0.1, 0.15) is 5.69 Å². The summed E-state index contributed by atoms with van der Waals surface area (Å²) in [4.78, 5) is 3.61. The summed E-state index contributed by atoms with van der Waals surface area (Å²) in [6, 6.07) is 4.03. The molecule has 0 aromatic carbocycles. The molecule has 0 radical (unpaired) electrons. The third-order valence-electron chi connectivity index (χ3n) is 4.61. The van der Waals surface area contributed by atoms with Crippen molar-refractivity contribution in [1.82, 2.24) is 13.6 Å². The van der Waals surface area contributed by atoms with Crippen LogP contribution in [0.1, 0.15) is 36.3 Å². The van der Waals surface area contributed by atoms with Crippen LogP contribution in [-0.4, -0.2) is 39.4 Å². The van der Waals surface area contributed by atoms with Crippen molar-refractivity contribution in [1.29, 1.82) is 0 Å². The summed E-state index contributed by atoms with van der Waals surface area (Å²) in [7, 11) is 0. The van der Waals surface area contributed by atoms with E-state index in [1.54, 1.807) is 11.3 Å². The molecule has 120 valence electrons. The van der Waals surface area contributed by atoms with E-state index in [9.17, 15) is 0 Å². The number of hydrogen-bond acceptors (Lipinski definition) is 6. The molecule has 2 unspecified atom stereocenters. The lowest BCUT2D eigenvalue weighted by Gasteiger charge is -2.21. The van der Waals surface area contributed by atoms with Crippen LogP contribution in [0.3, 0.4) is 0 Å². The first-order chi connectivity index (χ1) is 11.3. The minimum atomic E-state index is -0.180. The Kier molecular flexibility index (Phi) is 4.34. The summed E-state index contributed by atoms with van der Waals surface area (Å²) < 4.78 is 14.9. The predicted octanol–water partition coefficient (Wildman–Crippen LogP) is 3.23. The zero-order chi connectivity index (χ0) is 15.6. The van der Waals surface area contributed by atoms with Gasteiger partial charge in [-0.3, -0.25) is 0 Å². The highest BCUT2D eigenvalue weighted by Crippen LogP contribution is 2.41. The minimum Gasteiger partial charge on any atom is -0.459 e. The second-order valence-corrected chi connectivity index (χ2v) is 7.71. The smallest absolute Gasteiger partial charge is 0.250 e. The van der Waals surface area contributed by atoms with Gasteiger partial charge in [0.2, 0.25) is 0 Å². The first kappa shape index (κ1) is 15.1. The molecule has 0 saturated carbocycles. The molecule has 4 atom stereocenters. The van der Waals surface area contributed by atoms with E-state index in [4.69, 9.17) is 4.74 Å². The average Bonchev–Trinajstić information content (AvgIpc) is 3.27. The highest BCUT2D eigenvalue weighted by molar-refractivity contribution is 7.10. The number of ether oxygens (including phenoxy) is 1. The van der Waals surface area contributed by atoms with Crippen molar-refractivity contribution in [3.63, 3.8) is 0 Å². The van der Waals surface area contributed by atoms with E-state index in [1.165, 1.54) is 37.7 Å². The molecule has 0 aliphatic carbocycles. The molecule has 4 heterocycles. The lowest BCUT2D eigenvalue weighted by molar-refractivity contribution is 0.262. The topological polar surface area (TPSA) is 38.3 Å². The number of piperidine rings is 1. The zero-order valence-electron chi connectivity index (χ0n) is 13.1. The Morgan fingerprint density at radius 1 is 1.39 bits per heavy atom. The van der Waals surface area contributed by atoms with Gasteiger partial charge in [-0.25, -0.2) is 0 Å². The number of thiophene rings is 1. The molecule has 2 aromatic rings. The van der Waals surface area contributed by atoms with Crippen molar-refractivity contribution >= 4 is 23.1 Å². The van der Waals surface area contributed by atoms with E-state index >= 15 is 0 Å². The second-order valence-electron chi connectivity index (χ2n) is 6.23. The first-order valence-corrected chi connectivity index (χ1v) is 9.67. The molecular formula is C17H19N3OS2. The van der Waals surface area contributed by atoms with Gasteiger partial charge in [0.15, 0.2) is 6.10 Å². The van der Waals surface area contributed by atoms with Gasteiger partial charge < -0.3 is 9.64 Å². The fourth-order valence-electron chi connectivity index (χ4n) is 3.54. The van der Waals surface area contributed by atoms with Crippen LogP contribution in [0.15, 0.2) is 17.5 Å². The van der Waals surface area contributed by atoms with Crippen LogP contribution in [0, 0.1) is 17.8 Å². The summed E-state index contributed by atoms with van der Waals surface area (Å²) >= 11 is 2.90. The largest absolute Gasteiger partial charge is 0.459 e. The second kappa shape index (κ2) is 6.60. The highest BCUT2D eigenvalue weighted by Gasteiger charge is 2.39. The van der Waals surface area contributed by atoms with Crippen molar-refractivity contribution in [3.05, 3.63) is 28.1 Å². The number of nitrogens with zero attached hydrogens (tertiary/aromatic N) is 3. The Bertz CT molecular complexity index is 716. The quantitative estimate of drug-likeness (QED) is 0.801. The van der Waals surface area contributed by atoms with E-state index in [0.717, 1.165) is 17.1 Å². The van der Waals surface area contributed by atoms with Crippen LogP contribution >= 0.6 is 23.1 Å². The highest BCUT2D eigenvalue weighted by atomic mass is 32.1.